The highest BCUT2D eigenvalue weighted by molar-refractivity contribution is 5.19. The first-order valence-corrected chi connectivity index (χ1v) is 4.39. The van der Waals surface area contributed by atoms with Gasteiger partial charge in [0.1, 0.15) is 5.76 Å². The summed E-state index contributed by atoms with van der Waals surface area (Å²) < 4.78 is 10.4. The van der Waals surface area contributed by atoms with Crippen LogP contribution in [0.5, 0.6) is 0 Å². The first kappa shape index (κ1) is 10.2. The lowest BCUT2D eigenvalue weighted by Gasteiger charge is -2.02. The van der Waals surface area contributed by atoms with Crippen molar-refractivity contribution in [2.45, 2.75) is 20.5 Å². The fraction of sp³-hybridized carbons (Fsp3) is 0.667. The number of nitrogens with zero attached hydrogens (tertiary/aromatic N) is 1. The average Bonchev–Trinajstić information content (AvgIpc) is 2.42. The van der Waals surface area contributed by atoms with E-state index >= 15 is 0 Å². The number of ether oxygens (including phenoxy) is 1. The van der Waals surface area contributed by atoms with Gasteiger partial charge in [-0.15, -0.1) is 0 Å². The molecule has 0 saturated heterocycles. The second-order valence-corrected chi connectivity index (χ2v) is 2.96. The Morgan fingerprint density at radius 1 is 1.46 bits per heavy atom. The van der Waals surface area contributed by atoms with Crippen LogP contribution >= 0.6 is 0 Å². The summed E-state index contributed by atoms with van der Waals surface area (Å²) in [6, 6.07) is 0. The van der Waals surface area contributed by atoms with E-state index in [4.69, 9.17) is 9.26 Å². The Morgan fingerprint density at radius 3 is 2.77 bits per heavy atom. The monoisotopic (exact) mass is 184 g/mol. The topological polar surface area (TPSA) is 47.3 Å². The molecule has 0 aromatic carbocycles. The maximum atomic E-state index is 5.42. The third kappa shape index (κ3) is 2.82. The quantitative estimate of drug-likeness (QED) is 0.694. The number of hydrogen-bond donors (Lipinski definition) is 1. The number of aryl methyl sites for hydroxylation is 2. The number of nitrogens with one attached hydrogen (secondary N) is 1. The molecule has 74 valence electrons. The Kier molecular flexibility index (Phi) is 3.92. The van der Waals surface area contributed by atoms with E-state index in [0.29, 0.717) is 13.2 Å². The molecule has 13 heavy (non-hydrogen) atoms. The van der Waals surface area contributed by atoms with Crippen molar-refractivity contribution in [2.75, 3.05) is 20.2 Å². The molecule has 1 heterocycles. The molecule has 0 unspecified atom stereocenters. The summed E-state index contributed by atoms with van der Waals surface area (Å²) >= 11 is 0. The molecule has 0 aliphatic rings. The SMILES string of the molecule is CNCCOCc1c(C)noc1C. The molecular formula is C9H16N2O2. The van der Waals surface area contributed by atoms with Crippen molar-refractivity contribution in [2.24, 2.45) is 0 Å². The van der Waals surface area contributed by atoms with Crippen molar-refractivity contribution in [1.29, 1.82) is 0 Å². The van der Waals surface area contributed by atoms with Crippen molar-refractivity contribution < 1.29 is 9.26 Å². The third-order valence-electron chi connectivity index (χ3n) is 1.92. The highest BCUT2D eigenvalue weighted by atomic mass is 16.5. The van der Waals surface area contributed by atoms with Gasteiger partial charge in [-0.05, 0) is 20.9 Å². The third-order valence-corrected chi connectivity index (χ3v) is 1.92. The van der Waals surface area contributed by atoms with Crippen LogP contribution in [-0.2, 0) is 11.3 Å². The summed E-state index contributed by atoms with van der Waals surface area (Å²) in [5.41, 5.74) is 1.98. The van der Waals surface area contributed by atoms with Crippen molar-refractivity contribution in [3.05, 3.63) is 17.0 Å². The maximum absolute atomic E-state index is 5.42. The number of aromatic nitrogens is 1. The zero-order valence-corrected chi connectivity index (χ0v) is 8.39. The molecule has 0 fully saturated rings. The first-order chi connectivity index (χ1) is 6.25. The highest BCUT2D eigenvalue weighted by Crippen LogP contribution is 2.12. The van der Waals surface area contributed by atoms with Crippen LogP contribution in [0.15, 0.2) is 4.52 Å². The van der Waals surface area contributed by atoms with Crippen LogP contribution in [0.25, 0.3) is 0 Å². The standard InChI is InChI=1S/C9H16N2O2/c1-7-9(8(2)13-11-7)6-12-5-4-10-3/h10H,4-6H2,1-3H3. The lowest BCUT2D eigenvalue weighted by Crippen LogP contribution is -2.14. The van der Waals surface area contributed by atoms with Gasteiger partial charge < -0.3 is 14.6 Å². The fourth-order valence-corrected chi connectivity index (χ4v) is 1.06. The largest absolute Gasteiger partial charge is 0.375 e. The Balaban J connectivity index is 2.36. The molecule has 1 aromatic heterocycles. The number of hydrogen-bond acceptors (Lipinski definition) is 4. The van der Waals surface area contributed by atoms with Crippen LogP contribution in [0, 0.1) is 13.8 Å². The molecule has 0 radical (unpaired) electrons. The van der Waals surface area contributed by atoms with Crippen LogP contribution in [0.1, 0.15) is 17.0 Å². The van der Waals surface area contributed by atoms with Crippen molar-refractivity contribution in [1.82, 2.24) is 10.5 Å². The molecule has 0 atom stereocenters. The smallest absolute Gasteiger partial charge is 0.139 e. The van der Waals surface area contributed by atoms with Gasteiger partial charge in [-0.1, -0.05) is 5.16 Å². The van der Waals surface area contributed by atoms with E-state index in [0.717, 1.165) is 23.6 Å². The lowest BCUT2D eigenvalue weighted by molar-refractivity contribution is 0.122. The van der Waals surface area contributed by atoms with Gasteiger partial charge in [0.25, 0.3) is 0 Å². The summed E-state index contributed by atoms with van der Waals surface area (Å²) in [4.78, 5) is 0. The molecule has 0 saturated carbocycles. The molecule has 4 nitrogen and oxygen atoms in total. The minimum atomic E-state index is 0.586. The first-order valence-electron chi connectivity index (χ1n) is 4.39. The fourth-order valence-electron chi connectivity index (χ4n) is 1.06. The van der Waals surface area contributed by atoms with Crippen molar-refractivity contribution in [3.8, 4) is 0 Å². The summed E-state index contributed by atoms with van der Waals surface area (Å²) in [6.07, 6.45) is 0. The molecule has 0 aliphatic heterocycles. The highest BCUT2D eigenvalue weighted by Gasteiger charge is 2.07. The Bertz CT molecular complexity index is 239. The van der Waals surface area contributed by atoms with E-state index < -0.39 is 0 Å². The van der Waals surface area contributed by atoms with E-state index in [2.05, 4.69) is 10.5 Å². The van der Waals surface area contributed by atoms with Gasteiger partial charge in [0.15, 0.2) is 0 Å². The average molecular weight is 184 g/mol. The second kappa shape index (κ2) is 4.99. The van der Waals surface area contributed by atoms with Gasteiger partial charge in [-0.2, -0.15) is 0 Å². The van der Waals surface area contributed by atoms with Crippen LogP contribution < -0.4 is 5.32 Å². The van der Waals surface area contributed by atoms with E-state index in [9.17, 15) is 0 Å². The van der Waals surface area contributed by atoms with Crippen molar-refractivity contribution >= 4 is 0 Å². The zero-order chi connectivity index (χ0) is 9.68. The molecule has 4 heteroatoms. The lowest BCUT2D eigenvalue weighted by atomic mass is 10.2. The van der Waals surface area contributed by atoms with Gasteiger partial charge in [-0.25, -0.2) is 0 Å². The van der Waals surface area contributed by atoms with Gasteiger partial charge >= 0.3 is 0 Å². The molecule has 0 spiro atoms. The minimum Gasteiger partial charge on any atom is -0.375 e. The van der Waals surface area contributed by atoms with E-state index in [-0.39, 0.29) is 0 Å². The van der Waals surface area contributed by atoms with Gasteiger partial charge in [0.05, 0.1) is 18.9 Å². The van der Waals surface area contributed by atoms with Gasteiger partial charge in [0, 0.05) is 12.1 Å². The molecule has 0 amide bonds. The molecule has 1 N–H and O–H groups in total. The van der Waals surface area contributed by atoms with Crippen LogP contribution in [-0.4, -0.2) is 25.4 Å². The Morgan fingerprint density at radius 2 is 2.23 bits per heavy atom. The normalized spacial score (nSPS) is 10.7. The summed E-state index contributed by atoms with van der Waals surface area (Å²) in [6.45, 7) is 5.98. The van der Waals surface area contributed by atoms with Crippen LogP contribution in [0.2, 0.25) is 0 Å². The molecule has 0 aliphatic carbocycles. The predicted octanol–water partition coefficient (Wildman–Crippen LogP) is 1.03. The molecule has 0 bridgehead atoms. The molecule has 1 aromatic rings. The summed E-state index contributed by atoms with van der Waals surface area (Å²) in [5.74, 6) is 0.849. The predicted molar refractivity (Wildman–Crippen MR) is 49.6 cm³/mol. The van der Waals surface area contributed by atoms with Crippen LogP contribution in [0.3, 0.4) is 0 Å². The second-order valence-electron chi connectivity index (χ2n) is 2.96. The zero-order valence-electron chi connectivity index (χ0n) is 8.39. The maximum Gasteiger partial charge on any atom is 0.139 e. The number of rotatable bonds is 5. The number of likely N-dealkylation sites (N-methyl/N-ethyl adjacent to an activating group) is 1. The van der Waals surface area contributed by atoms with Crippen LogP contribution in [0.4, 0.5) is 0 Å². The molecular weight excluding hydrogens is 168 g/mol. The summed E-state index contributed by atoms with van der Waals surface area (Å²) in [5, 5.41) is 6.86. The van der Waals surface area contributed by atoms with E-state index in [1.807, 2.05) is 20.9 Å². The Hall–Kier alpha value is -0.870. The summed E-state index contributed by atoms with van der Waals surface area (Å²) in [7, 11) is 1.90. The Labute approximate surface area is 78.2 Å². The van der Waals surface area contributed by atoms with E-state index in [1.54, 1.807) is 0 Å². The molecule has 1 rings (SSSR count). The minimum absolute atomic E-state index is 0.586. The van der Waals surface area contributed by atoms with Crippen molar-refractivity contribution in [3.63, 3.8) is 0 Å². The van der Waals surface area contributed by atoms with Gasteiger partial charge in [0.2, 0.25) is 0 Å². The van der Waals surface area contributed by atoms with E-state index in [1.165, 1.54) is 0 Å². The van der Waals surface area contributed by atoms with Gasteiger partial charge in [-0.3, -0.25) is 0 Å².